The lowest BCUT2D eigenvalue weighted by atomic mass is 10.1. The number of amides is 1. The van der Waals surface area contributed by atoms with Crippen molar-refractivity contribution < 1.29 is 14.3 Å². The van der Waals surface area contributed by atoms with Crippen molar-refractivity contribution in [1.29, 1.82) is 0 Å². The minimum atomic E-state index is -0.551. The van der Waals surface area contributed by atoms with Crippen molar-refractivity contribution >= 4 is 12.2 Å². The average molecular weight is 194 g/mol. The molecule has 0 unspecified atom stereocenters. The summed E-state index contributed by atoms with van der Waals surface area (Å²) in [5.74, 6) is 4.75. The van der Waals surface area contributed by atoms with Gasteiger partial charge in [0.1, 0.15) is 5.75 Å². The molecule has 0 atom stereocenters. The second-order valence-corrected chi connectivity index (χ2v) is 2.52. The predicted molar refractivity (Wildman–Crippen MR) is 50.0 cm³/mol. The fourth-order valence-corrected chi connectivity index (χ4v) is 1.13. The average Bonchev–Trinajstić information content (AvgIpc) is 2.26. The molecule has 1 aromatic carbocycles. The molecule has 5 nitrogen and oxygen atoms in total. The van der Waals surface area contributed by atoms with Crippen molar-refractivity contribution in [3.63, 3.8) is 0 Å². The van der Waals surface area contributed by atoms with E-state index in [1.54, 1.807) is 12.1 Å². The third kappa shape index (κ3) is 1.72. The summed E-state index contributed by atoms with van der Waals surface area (Å²) in [6.45, 7) is 0. The Labute approximate surface area is 80.8 Å². The van der Waals surface area contributed by atoms with Gasteiger partial charge in [-0.05, 0) is 6.07 Å². The monoisotopic (exact) mass is 194 g/mol. The first-order valence-electron chi connectivity index (χ1n) is 3.87. The van der Waals surface area contributed by atoms with E-state index in [0.29, 0.717) is 12.0 Å². The first-order valence-corrected chi connectivity index (χ1v) is 3.87. The first-order chi connectivity index (χ1) is 6.74. The largest absolute Gasteiger partial charge is 0.496 e. The molecule has 1 aromatic rings. The Morgan fingerprint density at radius 1 is 1.57 bits per heavy atom. The molecule has 0 saturated heterocycles. The molecule has 0 heterocycles. The Morgan fingerprint density at radius 3 is 2.79 bits per heavy atom. The highest BCUT2D eigenvalue weighted by molar-refractivity contribution is 6.03. The van der Waals surface area contributed by atoms with E-state index in [9.17, 15) is 9.59 Å². The van der Waals surface area contributed by atoms with E-state index in [2.05, 4.69) is 0 Å². The Balaban J connectivity index is 3.32. The lowest BCUT2D eigenvalue weighted by Gasteiger charge is -2.08. The molecule has 14 heavy (non-hydrogen) atoms. The van der Waals surface area contributed by atoms with Gasteiger partial charge in [0.25, 0.3) is 5.91 Å². The number of ether oxygens (including phenoxy) is 1. The molecule has 74 valence electrons. The predicted octanol–water partition coefficient (Wildman–Crippen LogP) is 0.111. The van der Waals surface area contributed by atoms with Crippen molar-refractivity contribution in [3.8, 4) is 5.75 Å². The molecule has 0 aliphatic heterocycles. The summed E-state index contributed by atoms with van der Waals surface area (Å²) in [6, 6.07) is 4.72. The fourth-order valence-electron chi connectivity index (χ4n) is 1.13. The molecule has 3 N–H and O–H groups in total. The van der Waals surface area contributed by atoms with Gasteiger partial charge in [-0.15, -0.1) is 0 Å². The zero-order chi connectivity index (χ0) is 10.6. The normalized spacial score (nSPS) is 9.29. The van der Waals surface area contributed by atoms with Crippen LogP contribution in [0.2, 0.25) is 0 Å². The number of nitrogens with two attached hydrogens (primary N) is 1. The Kier molecular flexibility index (Phi) is 3.19. The van der Waals surface area contributed by atoms with Crippen LogP contribution >= 0.6 is 0 Å². The number of benzene rings is 1. The molecule has 0 radical (unpaired) electrons. The maximum atomic E-state index is 11.3. The van der Waals surface area contributed by atoms with E-state index in [0.717, 1.165) is 0 Å². The van der Waals surface area contributed by atoms with Crippen LogP contribution in [0.3, 0.4) is 0 Å². The van der Waals surface area contributed by atoms with Crippen molar-refractivity contribution in [2.24, 2.45) is 5.84 Å². The van der Waals surface area contributed by atoms with Gasteiger partial charge in [-0.1, -0.05) is 12.1 Å². The molecular weight excluding hydrogens is 184 g/mol. The van der Waals surface area contributed by atoms with E-state index in [-0.39, 0.29) is 11.1 Å². The van der Waals surface area contributed by atoms with Crippen LogP contribution in [0.15, 0.2) is 18.2 Å². The van der Waals surface area contributed by atoms with Crippen LogP contribution in [0.1, 0.15) is 20.7 Å². The maximum absolute atomic E-state index is 11.3. The third-order valence-electron chi connectivity index (χ3n) is 1.76. The van der Waals surface area contributed by atoms with Gasteiger partial charge in [0, 0.05) is 5.56 Å². The van der Waals surface area contributed by atoms with Gasteiger partial charge in [0.2, 0.25) is 0 Å². The Hall–Kier alpha value is -1.88. The number of nitrogen functional groups attached to an aromatic ring is 1. The van der Waals surface area contributed by atoms with Crippen LogP contribution in [0.4, 0.5) is 0 Å². The number of aldehydes is 1. The third-order valence-corrected chi connectivity index (χ3v) is 1.76. The van der Waals surface area contributed by atoms with E-state index in [1.165, 1.54) is 13.2 Å². The highest BCUT2D eigenvalue weighted by Crippen LogP contribution is 2.20. The van der Waals surface area contributed by atoms with Crippen molar-refractivity contribution in [2.75, 3.05) is 7.11 Å². The second kappa shape index (κ2) is 4.38. The van der Waals surface area contributed by atoms with Crippen LogP contribution < -0.4 is 16.0 Å². The topological polar surface area (TPSA) is 81.4 Å². The highest BCUT2D eigenvalue weighted by Gasteiger charge is 2.15. The number of carbonyl (C=O) groups is 2. The number of hydrazine groups is 1. The number of nitrogens with one attached hydrogen (secondary N) is 1. The smallest absolute Gasteiger partial charge is 0.269 e. The molecule has 0 aliphatic carbocycles. The van der Waals surface area contributed by atoms with Crippen LogP contribution in [-0.4, -0.2) is 19.3 Å². The maximum Gasteiger partial charge on any atom is 0.269 e. The summed E-state index contributed by atoms with van der Waals surface area (Å²) < 4.78 is 4.94. The molecule has 1 rings (SSSR count). The van der Waals surface area contributed by atoms with Crippen molar-refractivity contribution in [3.05, 3.63) is 29.3 Å². The molecule has 5 heteroatoms. The van der Waals surface area contributed by atoms with Gasteiger partial charge in [0.05, 0.1) is 12.7 Å². The summed E-state index contributed by atoms with van der Waals surface area (Å²) in [7, 11) is 1.41. The van der Waals surface area contributed by atoms with E-state index < -0.39 is 5.91 Å². The number of hydrogen-bond acceptors (Lipinski definition) is 4. The lowest BCUT2D eigenvalue weighted by Crippen LogP contribution is -2.31. The SMILES string of the molecule is COc1cccc(C=O)c1C(=O)NN. The first kappa shape index (κ1) is 10.2. The van der Waals surface area contributed by atoms with Gasteiger partial charge < -0.3 is 4.74 Å². The highest BCUT2D eigenvalue weighted by atomic mass is 16.5. The molecule has 0 aliphatic rings. The van der Waals surface area contributed by atoms with Gasteiger partial charge in [-0.2, -0.15) is 0 Å². The van der Waals surface area contributed by atoms with Gasteiger partial charge >= 0.3 is 0 Å². The zero-order valence-electron chi connectivity index (χ0n) is 7.61. The van der Waals surface area contributed by atoms with Crippen molar-refractivity contribution in [1.82, 2.24) is 5.43 Å². The summed E-state index contributed by atoms with van der Waals surface area (Å²) in [5.41, 5.74) is 2.34. The van der Waals surface area contributed by atoms with Crippen LogP contribution in [0, 0.1) is 0 Å². The second-order valence-electron chi connectivity index (χ2n) is 2.52. The van der Waals surface area contributed by atoms with E-state index in [1.807, 2.05) is 5.43 Å². The van der Waals surface area contributed by atoms with Crippen LogP contribution in [0.5, 0.6) is 5.75 Å². The molecule has 1 amide bonds. The fraction of sp³-hybridized carbons (Fsp3) is 0.111. The lowest BCUT2D eigenvalue weighted by molar-refractivity contribution is 0.0945. The molecular formula is C9H10N2O3. The summed E-state index contributed by atoms with van der Waals surface area (Å²) in [6.07, 6.45) is 0.576. The number of hydrogen-bond donors (Lipinski definition) is 2. The van der Waals surface area contributed by atoms with Crippen LogP contribution in [0.25, 0.3) is 0 Å². The minimum Gasteiger partial charge on any atom is -0.496 e. The zero-order valence-corrected chi connectivity index (χ0v) is 7.61. The van der Waals surface area contributed by atoms with Crippen molar-refractivity contribution in [2.45, 2.75) is 0 Å². The van der Waals surface area contributed by atoms with E-state index in [4.69, 9.17) is 10.6 Å². The number of carbonyl (C=O) groups excluding carboxylic acids is 2. The molecule has 0 fully saturated rings. The Morgan fingerprint density at radius 2 is 2.29 bits per heavy atom. The molecule has 0 bridgehead atoms. The minimum absolute atomic E-state index is 0.146. The molecule has 0 aromatic heterocycles. The van der Waals surface area contributed by atoms with Gasteiger partial charge in [-0.3, -0.25) is 15.0 Å². The molecule has 0 spiro atoms. The summed E-state index contributed by atoms with van der Waals surface area (Å²) >= 11 is 0. The van der Waals surface area contributed by atoms with Gasteiger partial charge in [0.15, 0.2) is 6.29 Å². The molecule has 0 saturated carbocycles. The number of rotatable bonds is 3. The Bertz CT molecular complexity index is 363. The summed E-state index contributed by atoms with van der Waals surface area (Å²) in [5, 5.41) is 0. The number of methoxy groups -OCH3 is 1. The van der Waals surface area contributed by atoms with Crippen LogP contribution in [-0.2, 0) is 0 Å². The van der Waals surface area contributed by atoms with E-state index >= 15 is 0 Å². The van der Waals surface area contributed by atoms with Gasteiger partial charge in [-0.25, -0.2) is 5.84 Å². The quantitative estimate of drug-likeness (QED) is 0.310. The summed E-state index contributed by atoms with van der Waals surface area (Å²) in [4.78, 5) is 21.9. The standard InChI is InChI=1S/C9H10N2O3/c1-14-7-4-2-3-6(5-12)8(7)9(13)11-10/h2-5H,10H2,1H3,(H,11,13).